The molecule has 9 heteroatoms. The smallest absolute Gasteiger partial charge is 0.259 e. The second-order valence-corrected chi connectivity index (χ2v) is 5.78. The molecular weight excluding hydrogens is 330 g/mol. The molecule has 0 spiro atoms. The summed E-state index contributed by atoms with van der Waals surface area (Å²) in [6.07, 6.45) is 3.37. The van der Waals surface area contributed by atoms with E-state index in [0.717, 1.165) is 28.8 Å². The molecule has 0 atom stereocenters. The van der Waals surface area contributed by atoms with Gasteiger partial charge in [0.2, 0.25) is 5.82 Å². The lowest BCUT2D eigenvalue weighted by molar-refractivity contribution is 0.432. The Morgan fingerprint density at radius 1 is 1.29 bits per heavy atom. The summed E-state index contributed by atoms with van der Waals surface area (Å²) in [5.41, 5.74) is 3.06. The van der Waals surface area contributed by atoms with Crippen LogP contribution in [0.2, 0.25) is 5.15 Å². The Morgan fingerprint density at radius 2 is 2.12 bits per heavy atom. The minimum atomic E-state index is 0.333. The molecule has 0 aliphatic heterocycles. The maximum atomic E-state index is 6.10. The zero-order valence-corrected chi connectivity index (χ0v) is 14.1. The van der Waals surface area contributed by atoms with Crippen molar-refractivity contribution in [1.82, 2.24) is 34.5 Å². The molecule has 4 aromatic heterocycles. The second kappa shape index (κ2) is 5.41. The van der Waals surface area contributed by atoms with Crippen molar-refractivity contribution in [2.75, 3.05) is 0 Å². The van der Waals surface area contributed by atoms with Gasteiger partial charge in [-0.3, -0.25) is 0 Å². The van der Waals surface area contributed by atoms with Gasteiger partial charge in [0.25, 0.3) is 5.89 Å². The Hall–Kier alpha value is -2.74. The van der Waals surface area contributed by atoms with Crippen LogP contribution in [-0.4, -0.2) is 34.5 Å². The fraction of sp³-hybridized carbons (Fsp3) is 0.267. The molecule has 0 saturated heterocycles. The summed E-state index contributed by atoms with van der Waals surface area (Å²) in [6.45, 7) is 4.68. The summed E-state index contributed by atoms with van der Waals surface area (Å²) in [6, 6.07) is 1.91. The van der Waals surface area contributed by atoms with E-state index in [1.165, 1.54) is 0 Å². The van der Waals surface area contributed by atoms with Gasteiger partial charge in [-0.05, 0) is 19.9 Å². The van der Waals surface area contributed by atoms with Crippen molar-refractivity contribution in [3.05, 3.63) is 29.4 Å². The third-order valence-electron chi connectivity index (χ3n) is 3.80. The highest BCUT2D eigenvalue weighted by molar-refractivity contribution is 6.31. The lowest BCUT2D eigenvalue weighted by atomic mass is 10.1. The lowest BCUT2D eigenvalue weighted by Crippen LogP contribution is -1.98. The minimum absolute atomic E-state index is 0.333. The van der Waals surface area contributed by atoms with E-state index >= 15 is 0 Å². The highest BCUT2D eigenvalue weighted by atomic mass is 35.5. The molecule has 8 nitrogen and oxygen atoms in total. The second-order valence-electron chi connectivity index (χ2n) is 5.43. The van der Waals surface area contributed by atoms with E-state index < -0.39 is 0 Å². The number of fused-ring (bicyclic) bond motifs is 1. The number of pyridine rings is 1. The van der Waals surface area contributed by atoms with Crippen molar-refractivity contribution in [3.63, 3.8) is 0 Å². The number of hydrogen-bond acceptors (Lipinski definition) is 6. The van der Waals surface area contributed by atoms with Crippen molar-refractivity contribution >= 4 is 22.6 Å². The van der Waals surface area contributed by atoms with E-state index in [4.69, 9.17) is 16.1 Å². The van der Waals surface area contributed by atoms with Gasteiger partial charge in [0.05, 0.1) is 23.5 Å². The summed E-state index contributed by atoms with van der Waals surface area (Å²) in [4.78, 5) is 13.1. The maximum Gasteiger partial charge on any atom is 0.259 e. The molecule has 0 radical (unpaired) electrons. The topological polar surface area (TPSA) is 87.5 Å². The van der Waals surface area contributed by atoms with E-state index in [0.29, 0.717) is 22.6 Å². The molecule has 122 valence electrons. The molecule has 0 aromatic carbocycles. The van der Waals surface area contributed by atoms with Crippen LogP contribution in [0.3, 0.4) is 0 Å². The molecule has 24 heavy (non-hydrogen) atoms. The van der Waals surface area contributed by atoms with Crippen molar-refractivity contribution < 1.29 is 4.52 Å². The standard InChI is InChI=1S/C15H14ClN7O/c1-4-23-14-10(6-18-23)9(5-8(2)19-14)15-20-13(21-24-15)11-12(16)17-7-22(11)3/h5-7H,4H2,1-3H3. The number of halogens is 1. The van der Waals surface area contributed by atoms with Crippen LogP contribution >= 0.6 is 11.6 Å². The molecular formula is C15H14ClN7O. The third-order valence-corrected chi connectivity index (χ3v) is 4.07. The van der Waals surface area contributed by atoms with Crippen molar-refractivity contribution in [1.29, 1.82) is 0 Å². The maximum absolute atomic E-state index is 6.10. The number of rotatable bonds is 3. The summed E-state index contributed by atoms with van der Waals surface area (Å²) in [5, 5.41) is 9.60. The van der Waals surface area contributed by atoms with Gasteiger partial charge in [-0.2, -0.15) is 10.1 Å². The van der Waals surface area contributed by atoms with E-state index in [9.17, 15) is 0 Å². The van der Waals surface area contributed by atoms with Crippen LogP contribution < -0.4 is 0 Å². The molecule has 4 aromatic rings. The van der Waals surface area contributed by atoms with Crippen LogP contribution in [0.15, 0.2) is 23.1 Å². The molecule has 0 aliphatic carbocycles. The number of imidazole rings is 1. The van der Waals surface area contributed by atoms with Crippen LogP contribution in [0.5, 0.6) is 0 Å². The van der Waals surface area contributed by atoms with Gasteiger partial charge >= 0.3 is 0 Å². The van der Waals surface area contributed by atoms with Crippen LogP contribution in [-0.2, 0) is 13.6 Å². The molecule has 0 unspecified atom stereocenters. The molecule has 0 N–H and O–H groups in total. The van der Waals surface area contributed by atoms with Crippen molar-refractivity contribution in [2.45, 2.75) is 20.4 Å². The van der Waals surface area contributed by atoms with Crippen LogP contribution in [0, 0.1) is 6.92 Å². The highest BCUT2D eigenvalue weighted by Crippen LogP contribution is 2.30. The zero-order valence-electron chi connectivity index (χ0n) is 13.4. The first-order valence-corrected chi connectivity index (χ1v) is 7.80. The van der Waals surface area contributed by atoms with Gasteiger partial charge in [-0.1, -0.05) is 16.8 Å². The lowest BCUT2D eigenvalue weighted by Gasteiger charge is -2.02. The van der Waals surface area contributed by atoms with E-state index in [2.05, 4.69) is 25.2 Å². The highest BCUT2D eigenvalue weighted by Gasteiger charge is 2.20. The zero-order chi connectivity index (χ0) is 16.8. The predicted octanol–water partition coefficient (Wildman–Crippen LogP) is 2.86. The Morgan fingerprint density at radius 3 is 2.83 bits per heavy atom. The minimum Gasteiger partial charge on any atom is -0.334 e. The first-order chi connectivity index (χ1) is 11.6. The molecule has 0 amide bonds. The van der Waals surface area contributed by atoms with Crippen LogP contribution in [0.25, 0.3) is 34.0 Å². The first-order valence-electron chi connectivity index (χ1n) is 7.43. The van der Waals surface area contributed by atoms with Crippen LogP contribution in [0.1, 0.15) is 12.6 Å². The average Bonchev–Trinajstić information content (AvgIpc) is 3.25. The summed E-state index contributed by atoms with van der Waals surface area (Å²) < 4.78 is 9.05. The van der Waals surface area contributed by atoms with Crippen molar-refractivity contribution in [2.24, 2.45) is 7.05 Å². The monoisotopic (exact) mass is 343 g/mol. The van der Waals surface area contributed by atoms with E-state index in [1.54, 1.807) is 17.1 Å². The van der Waals surface area contributed by atoms with Gasteiger partial charge in [0, 0.05) is 19.3 Å². The number of aryl methyl sites for hydroxylation is 3. The van der Waals surface area contributed by atoms with Gasteiger partial charge in [0.1, 0.15) is 5.69 Å². The number of nitrogens with zero attached hydrogens (tertiary/aromatic N) is 7. The molecule has 0 fully saturated rings. The number of hydrogen-bond donors (Lipinski definition) is 0. The first kappa shape index (κ1) is 14.8. The summed E-state index contributed by atoms with van der Waals surface area (Å²) in [7, 11) is 1.82. The fourth-order valence-corrected chi connectivity index (χ4v) is 2.92. The molecule has 0 aliphatic rings. The third kappa shape index (κ3) is 2.18. The Bertz CT molecular complexity index is 1030. The fourth-order valence-electron chi connectivity index (χ4n) is 2.66. The van der Waals surface area contributed by atoms with Crippen molar-refractivity contribution in [3.8, 4) is 23.0 Å². The van der Waals surface area contributed by atoms with Gasteiger partial charge in [-0.15, -0.1) is 0 Å². The molecule has 4 rings (SSSR count). The average molecular weight is 344 g/mol. The number of aromatic nitrogens is 7. The summed E-state index contributed by atoms with van der Waals surface area (Å²) in [5.74, 6) is 0.786. The predicted molar refractivity (Wildman–Crippen MR) is 88.4 cm³/mol. The normalized spacial score (nSPS) is 11.5. The van der Waals surface area contributed by atoms with Crippen LogP contribution in [0.4, 0.5) is 0 Å². The van der Waals surface area contributed by atoms with Gasteiger partial charge < -0.3 is 9.09 Å². The Labute approximate surface area is 142 Å². The van der Waals surface area contributed by atoms with E-state index in [1.807, 2.05) is 31.6 Å². The molecule has 0 saturated carbocycles. The Kier molecular flexibility index (Phi) is 3.34. The SMILES string of the molecule is CCn1ncc2c(-c3nc(-c4c(Cl)ncn4C)no3)cc(C)nc21. The molecule has 0 bridgehead atoms. The van der Waals surface area contributed by atoms with Gasteiger partial charge in [0.15, 0.2) is 10.8 Å². The summed E-state index contributed by atoms with van der Waals surface area (Å²) >= 11 is 6.10. The Balaban J connectivity index is 1.89. The van der Waals surface area contributed by atoms with Gasteiger partial charge in [-0.25, -0.2) is 14.6 Å². The quantitative estimate of drug-likeness (QED) is 0.568. The van der Waals surface area contributed by atoms with E-state index in [-0.39, 0.29) is 0 Å². The largest absolute Gasteiger partial charge is 0.334 e. The molecule has 4 heterocycles.